The zero-order chi connectivity index (χ0) is 20.2. The van der Waals surface area contributed by atoms with Crippen molar-refractivity contribution in [2.75, 3.05) is 17.6 Å². The summed E-state index contributed by atoms with van der Waals surface area (Å²) in [7, 11) is 0. The summed E-state index contributed by atoms with van der Waals surface area (Å²) in [4.78, 5) is 50.0. The van der Waals surface area contributed by atoms with Crippen molar-refractivity contribution in [2.24, 2.45) is 5.92 Å². The van der Waals surface area contributed by atoms with Gasteiger partial charge >= 0.3 is 29.6 Å². The number of nitrogens with one attached hydrogen (secondary N) is 1. The van der Waals surface area contributed by atoms with Gasteiger partial charge in [-0.1, -0.05) is 23.1 Å². The number of rotatable bonds is 5. The first kappa shape index (κ1) is 22.2. The number of carbonyl (C=O) groups is 4. The summed E-state index contributed by atoms with van der Waals surface area (Å²) in [5.41, 5.74) is 0.547. The van der Waals surface area contributed by atoms with Gasteiger partial charge in [0.2, 0.25) is 16.9 Å². The smallest absolute Gasteiger partial charge is 0.543 e. The molecule has 2 saturated heterocycles. The van der Waals surface area contributed by atoms with Gasteiger partial charge in [-0.05, 0) is 12.0 Å². The Balaban J connectivity index is 0.00000240. The molecule has 0 aromatic carbocycles. The first-order valence-corrected chi connectivity index (χ1v) is 10.4. The number of carbonyl (C=O) groups excluding carboxylic acids is 4. The van der Waals surface area contributed by atoms with Crippen molar-refractivity contribution in [3.05, 3.63) is 11.3 Å². The van der Waals surface area contributed by atoms with Crippen molar-refractivity contribution in [3.8, 4) is 0 Å². The second-order valence-corrected chi connectivity index (χ2v) is 8.96. The number of aliphatic carboxylic acids is 1. The molecule has 3 aliphatic rings. The molecule has 0 aliphatic carbocycles. The van der Waals surface area contributed by atoms with Crippen molar-refractivity contribution >= 4 is 51.9 Å². The Kier molecular flexibility index (Phi) is 6.39. The molecule has 4 heterocycles. The minimum absolute atomic E-state index is 0. The molecule has 4 rings (SSSR count). The maximum absolute atomic E-state index is 12.5. The molecular formula is C16H16N5NaO5S2. The molecule has 10 nitrogen and oxygen atoms in total. The molecule has 3 aliphatic heterocycles. The SMILES string of the molecule is CC(=O)Nc1nnc(SCC2=C(C(=O)[O-])N3C(=O)[C@@H]4[C@H]3C2CCN4C(C)=O)s1.[Na+]. The van der Waals surface area contributed by atoms with Crippen LogP contribution in [0.1, 0.15) is 20.3 Å². The quantitative estimate of drug-likeness (QED) is 0.210. The Labute approximate surface area is 196 Å². The van der Waals surface area contributed by atoms with E-state index >= 15 is 0 Å². The van der Waals surface area contributed by atoms with E-state index in [1.807, 2.05) is 0 Å². The number of hydrogen-bond acceptors (Lipinski definition) is 9. The van der Waals surface area contributed by atoms with Crippen LogP contribution in [0, 0.1) is 5.92 Å². The number of piperidine rings is 1. The predicted octanol–water partition coefficient (Wildman–Crippen LogP) is -3.94. The van der Waals surface area contributed by atoms with E-state index in [1.165, 1.54) is 46.7 Å². The van der Waals surface area contributed by atoms with Crippen LogP contribution in [0.25, 0.3) is 0 Å². The van der Waals surface area contributed by atoms with E-state index < -0.39 is 12.0 Å². The summed E-state index contributed by atoms with van der Waals surface area (Å²) in [6, 6.07) is -0.931. The number of β-lactam (4-membered cyclic amide) rings is 1. The molecule has 29 heavy (non-hydrogen) atoms. The fraction of sp³-hybridized carbons (Fsp3) is 0.500. The van der Waals surface area contributed by atoms with Crippen LogP contribution in [0.2, 0.25) is 0 Å². The summed E-state index contributed by atoms with van der Waals surface area (Å²) >= 11 is 2.49. The van der Waals surface area contributed by atoms with E-state index in [2.05, 4.69) is 15.5 Å². The minimum atomic E-state index is -1.39. The van der Waals surface area contributed by atoms with Crippen LogP contribution in [0.3, 0.4) is 0 Å². The van der Waals surface area contributed by atoms with Gasteiger partial charge in [0, 0.05) is 32.1 Å². The summed E-state index contributed by atoms with van der Waals surface area (Å²) in [6.45, 7) is 3.20. The van der Waals surface area contributed by atoms with Crippen LogP contribution < -0.4 is 40.0 Å². The number of carboxylic acid groups (broad SMARTS) is 1. The largest absolute Gasteiger partial charge is 1.00 e. The van der Waals surface area contributed by atoms with E-state index in [0.29, 0.717) is 33.8 Å². The van der Waals surface area contributed by atoms with Crippen molar-refractivity contribution < 1.29 is 53.8 Å². The van der Waals surface area contributed by atoms with Gasteiger partial charge < -0.3 is 25.0 Å². The Bertz CT molecular complexity index is 935. The fourth-order valence-electron chi connectivity index (χ4n) is 4.14. The normalized spacial score (nSPS) is 24.6. The van der Waals surface area contributed by atoms with Gasteiger partial charge in [0.1, 0.15) is 6.04 Å². The zero-order valence-corrected chi connectivity index (χ0v) is 19.6. The van der Waals surface area contributed by atoms with E-state index in [-0.39, 0.29) is 64.9 Å². The summed E-state index contributed by atoms with van der Waals surface area (Å²) < 4.78 is 0.576. The van der Waals surface area contributed by atoms with Crippen LogP contribution in [-0.4, -0.2) is 68.1 Å². The van der Waals surface area contributed by atoms with Gasteiger partial charge in [-0.3, -0.25) is 14.4 Å². The number of carboxylic acids is 1. The monoisotopic (exact) mass is 445 g/mol. The fourth-order valence-corrected chi connectivity index (χ4v) is 6.04. The van der Waals surface area contributed by atoms with Gasteiger partial charge in [0.15, 0.2) is 4.34 Å². The van der Waals surface area contributed by atoms with Crippen molar-refractivity contribution in [3.63, 3.8) is 0 Å². The van der Waals surface area contributed by atoms with E-state index in [4.69, 9.17) is 0 Å². The third kappa shape index (κ3) is 3.72. The van der Waals surface area contributed by atoms with Gasteiger partial charge in [0.05, 0.1) is 17.7 Å². The molecule has 2 fully saturated rings. The van der Waals surface area contributed by atoms with Crippen LogP contribution in [0.15, 0.2) is 15.6 Å². The second kappa shape index (κ2) is 8.34. The standard InChI is InChI=1S/C16H17N5O5S2.Na/c1-6(22)17-15-18-19-16(28-15)27-5-9-8-3-4-20(7(2)23)12-10(8)21(13(12)24)11(9)14(25)26;/h8,10,12H,3-5H2,1-2H3,(H,25,26)(H,17,18,22);/q;+1/p-1/t8?,10-,12+;/m1./s1. The molecule has 1 N–H and O–H groups in total. The Morgan fingerprint density at radius 3 is 2.66 bits per heavy atom. The summed E-state index contributed by atoms with van der Waals surface area (Å²) in [5, 5.41) is 22.5. The van der Waals surface area contributed by atoms with Crippen molar-refractivity contribution in [2.45, 2.75) is 36.7 Å². The molecule has 0 spiro atoms. The van der Waals surface area contributed by atoms with Gasteiger partial charge in [-0.25, -0.2) is 0 Å². The number of amides is 3. The van der Waals surface area contributed by atoms with E-state index in [0.717, 1.165) is 0 Å². The molecule has 1 unspecified atom stereocenters. The molecule has 3 amide bonds. The maximum atomic E-state index is 12.5. The third-order valence-electron chi connectivity index (χ3n) is 5.17. The Morgan fingerprint density at radius 2 is 2.03 bits per heavy atom. The first-order valence-electron chi connectivity index (χ1n) is 8.58. The number of anilines is 1. The zero-order valence-electron chi connectivity index (χ0n) is 16.0. The topological polar surface area (TPSA) is 136 Å². The van der Waals surface area contributed by atoms with E-state index in [9.17, 15) is 24.3 Å². The first-order chi connectivity index (χ1) is 13.3. The van der Waals surface area contributed by atoms with Crippen LogP contribution in [-0.2, 0) is 19.2 Å². The molecule has 13 heteroatoms. The van der Waals surface area contributed by atoms with Crippen LogP contribution in [0.5, 0.6) is 0 Å². The Hall–Kier alpha value is -1.47. The second-order valence-electron chi connectivity index (χ2n) is 6.76. The molecule has 0 bridgehead atoms. The third-order valence-corrected chi connectivity index (χ3v) is 7.19. The summed E-state index contributed by atoms with van der Waals surface area (Å²) in [5.74, 6) is -2.00. The average molecular weight is 445 g/mol. The number of aromatic nitrogens is 2. The van der Waals surface area contributed by atoms with E-state index in [1.54, 1.807) is 0 Å². The van der Waals surface area contributed by atoms with Crippen molar-refractivity contribution in [1.82, 2.24) is 20.0 Å². The predicted molar refractivity (Wildman–Crippen MR) is 96.9 cm³/mol. The Morgan fingerprint density at radius 1 is 1.31 bits per heavy atom. The van der Waals surface area contributed by atoms with Crippen LogP contribution >= 0.6 is 23.1 Å². The van der Waals surface area contributed by atoms with Gasteiger partial charge in [0.25, 0.3) is 5.91 Å². The molecule has 148 valence electrons. The molecular weight excluding hydrogens is 429 g/mol. The molecule has 1 aromatic rings. The molecule has 3 atom stereocenters. The average Bonchev–Trinajstić information content (AvgIpc) is 3.18. The molecule has 0 saturated carbocycles. The minimum Gasteiger partial charge on any atom is -0.543 e. The van der Waals surface area contributed by atoms with Crippen LogP contribution in [0.4, 0.5) is 5.13 Å². The summed E-state index contributed by atoms with van der Waals surface area (Å²) in [6.07, 6.45) is 0.588. The molecule has 0 radical (unpaired) electrons. The number of likely N-dealkylation sites (tertiary alicyclic amines) is 1. The van der Waals surface area contributed by atoms with Crippen molar-refractivity contribution in [1.29, 1.82) is 0 Å². The maximum Gasteiger partial charge on any atom is 1.00 e. The number of nitrogens with zero attached hydrogens (tertiary/aromatic N) is 4. The molecule has 1 aromatic heterocycles. The number of thioether (sulfide) groups is 1. The van der Waals surface area contributed by atoms with Gasteiger partial charge in [-0.2, -0.15) is 0 Å². The number of hydrogen-bond donors (Lipinski definition) is 1. The van der Waals surface area contributed by atoms with Gasteiger partial charge in [-0.15, -0.1) is 10.2 Å².